The van der Waals surface area contributed by atoms with E-state index in [1.54, 1.807) is 0 Å². The molecule has 12 nitrogen and oxygen atoms in total. The molecule has 1 aliphatic rings. The molecule has 7 atom stereocenters. The van der Waals surface area contributed by atoms with Crippen molar-refractivity contribution >= 4 is 12.0 Å². The lowest BCUT2D eigenvalue weighted by molar-refractivity contribution is -0.308. The predicted molar refractivity (Wildman–Crippen MR) is 106 cm³/mol. The van der Waals surface area contributed by atoms with E-state index >= 15 is 0 Å². The molecule has 0 radical (unpaired) electrons. The monoisotopic (exact) mass is 460 g/mol. The molecule has 0 spiro atoms. The molecule has 1 aliphatic heterocycles. The number of esters is 1. The van der Waals surface area contributed by atoms with E-state index in [2.05, 4.69) is 0 Å². The number of aliphatic hydroxyl groups is 6. The first-order valence-corrected chi connectivity index (χ1v) is 9.65. The van der Waals surface area contributed by atoms with Gasteiger partial charge in [-0.3, -0.25) is 0 Å². The smallest absolute Gasteiger partial charge is 0.330 e. The Labute approximate surface area is 183 Å². The Hall–Kier alpha value is -2.29. The van der Waals surface area contributed by atoms with Gasteiger partial charge in [0, 0.05) is 6.08 Å². The number of phenols is 2. The average molecular weight is 460 g/mol. The summed E-state index contributed by atoms with van der Waals surface area (Å²) in [5, 5.41) is 77.5. The van der Waals surface area contributed by atoms with Crippen molar-refractivity contribution in [1.82, 2.24) is 0 Å². The molecule has 12 heteroatoms. The summed E-state index contributed by atoms with van der Waals surface area (Å²) < 4.78 is 15.4. The summed E-state index contributed by atoms with van der Waals surface area (Å²) in [6.45, 7) is -0.700. The van der Waals surface area contributed by atoms with Gasteiger partial charge in [-0.05, 0) is 30.7 Å². The maximum atomic E-state index is 11.9. The number of ether oxygens (including phenoxy) is 3. The Morgan fingerprint density at radius 1 is 1.19 bits per heavy atom. The van der Waals surface area contributed by atoms with Gasteiger partial charge in [0.25, 0.3) is 0 Å². The third-order valence-corrected chi connectivity index (χ3v) is 4.93. The van der Waals surface area contributed by atoms with E-state index in [1.807, 2.05) is 0 Å². The van der Waals surface area contributed by atoms with E-state index in [-0.39, 0.29) is 11.5 Å². The molecular weight excluding hydrogens is 432 g/mol. The van der Waals surface area contributed by atoms with Crippen molar-refractivity contribution in [1.29, 1.82) is 0 Å². The van der Waals surface area contributed by atoms with Crippen LogP contribution in [0.3, 0.4) is 0 Å². The Kier molecular flexibility index (Phi) is 8.95. The van der Waals surface area contributed by atoms with Crippen LogP contribution in [0.5, 0.6) is 11.5 Å². The molecule has 0 aliphatic carbocycles. The van der Waals surface area contributed by atoms with Gasteiger partial charge in [0.15, 0.2) is 17.8 Å². The summed E-state index contributed by atoms with van der Waals surface area (Å²) in [7, 11) is 0. The molecule has 0 bridgehead atoms. The predicted octanol–water partition coefficient (Wildman–Crippen LogP) is -2.42. The minimum Gasteiger partial charge on any atom is -0.504 e. The average Bonchev–Trinajstić information content (AvgIpc) is 2.76. The van der Waals surface area contributed by atoms with Crippen LogP contribution in [0.1, 0.15) is 12.5 Å². The Morgan fingerprint density at radius 2 is 1.88 bits per heavy atom. The summed E-state index contributed by atoms with van der Waals surface area (Å²) in [6.07, 6.45) is -7.09. The van der Waals surface area contributed by atoms with Crippen LogP contribution < -0.4 is 0 Å². The third kappa shape index (κ3) is 6.60. The molecule has 0 unspecified atom stereocenters. The van der Waals surface area contributed by atoms with Crippen LogP contribution in [0, 0.1) is 0 Å². The van der Waals surface area contributed by atoms with Crippen molar-refractivity contribution in [2.45, 2.75) is 49.3 Å². The number of benzene rings is 1. The second-order valence-electron chi connectivity index (χ2n) is 7.59. The molecule has 8 N–H and O–H groups in total. The standard InChI is InChI=1S/C20H28O12/c1-20(29,9-21)14(24)8-31-19-18(28)17(27)16(26)13(32-19)7-30-15(25)5-3-10-2-4-11(22)12(23)6-10/h2-6,13-14,16-19,21-24,26-29H,7-9H2,1H3/t13-,14-,16-,17+,18-,19-,20-/m1/s1. The number of carbonyl (C=O) groups is 1. The fourth-order valence-corrected chi connectivity index (χ4v) is 2.68. The van der Waals surface area contributed by atoms with Gasteiger partial charge in [-0.15, -0.1) is 0 Å². The fraction of sp³-hybridized carbons (Fsp3) is 0.550. The van der Waals surface area contributed by atoms with Crippen molar-refractivity contribution in [2.24, 2.45) is 0 Å². The second kappa shape index (κ2) is 11.0. The highest BCUT2D eigenvalue weighted by Crippen LogP contribution is 2.26. The highest BCUT2D eigenvalue weighted by Gasteiger charge is 2.45. The molecule has 1 saturated heterocycles. The van der Waals surface area contributed by atoms with E-state index in [0.29, 0.717) is 5.56 Å². The van der Waals surface area contributed by atoms with Gasteiger partial charge in [0.1, 0.15) is 42.7 Å². The molecular formula is C20H28O12. The lowest BCUT2D eigenvalue weighted by Crippen LogP contribution is -2.60. The highest BCUT2D eigenvalue weighted by atomic mass is 16.7. The van der Waals surface area contributed by atoms with Gasteiger partial charge >= 0.3 is 5.97 Å². The van der Waals surface area contributed by atoms with E-state index < -0.39 is 68.2 Å². The molecule has 0 aromatic heterocycles. The van der Waals surface area contributed by atoms with E-state index in [0.717, 1.165) is 13.0 Å². The van der Waals surface area contributed by atoms with Crippen LogP contribution in [0.15, 0.2) is 24.3 Å². The number of hydrogen-bond acceptors (Lipinski definition) is 12. The van der Waals surface area contributed by atoms with Crippen LogP contribution in [0.4, 0.5) is 0 Å². The van der Waals surface area contributed by atoms with Gasteiger partial charge < -0.3 is 55.1 Å². The summed E-state index contributed by atoms with van der Waals surface area (Å²) in [5.41, 5.74) is -1.48. The third-order valence-electron chi connectivity index (χ3n) is 4.93. The molecule has 2 rings (SSSR count). The normalized spacial score (nSPS) is 28.9. The summed E-state index contributed by atoms with van der Waals surface area (Å²) in [4.78, 5) is 11.9. The van der Waals surface area contributed by atoms with Crippen molar-refractivity contribution in [3.63, 3.8) is 0 Å². The summed E-state index contributed by atoms with van der Waals surface area (Å²) >= 11 is 0. The molecule has 1 fully saturated rings. The van der Waals surface area contributed by atoms with Crippen LogP contribution in [0.25, 0.3) is 6.08 Å². The maximum Gasteiger partial charge on any atom is 0.330 e. The number of aromatic hydroxyl groups is 2. The van der Waals surface area contributed by atoms with E-state index in [4.69, 9.17) is 19.3 Å². The van der Waals surface area contributed by atoms with Gasteiger partial charge in [-0.25, -0.2) is 4.79 Å². The lowest BCUT2D eigenvalue weighted by atomic mass is 9.99. The molecule has 32 heavy (non-hydrogen) atoms. The molecule has 1 heterocycles. The zero-order valence-corrected chi connectivity index (χ0v) is 17.2. The summed E-state index contributed by atoms with van der Waals surface area (Å²) in [6, 6.07) is 3.89. The van der Waals surface area contributed by atoms with Gasteiger partial charge in [0.05, 0.1) is 13.2 Å². The molecule has 0 saturated carbocycles. The number of carbonyl (C=O) groups excluding carboxylic acids is 1. The van der Waals surface area contributed by atoms with Crippen molar-refractivity contribution in [3.8, 4) is 11.5 Å². The molecule has 180 valence electrons. The van der Waals surface area contributed by atoms with Crippen molar-refractivity contribution in [2.75, 3.05) is 19.8 Å². The number of phenolic OH excluding ortho intramolecular Hbond substituents is 2. The van der Waals surface area contributed by atoms with E-state index in [1.165, 1.54) is 24.3 Å². The number of aliphatic hydroxyl groups excluding tert-OH is 5. The van der Waals surface area contributed by atoms with Crippen LogP contribution in [-0.2, 0) is 19.0 Å². The fourth-order valence-electron chi connectivity index (χ4n) is 2.68. The lowest BCUT2D eigenvalue weighted by Gasteiger charge is -2.40. The minimum absolute atomic E-state index is 0.321. The number of rotatable bonds is 9. The highest BCUT2D eigenvalue weighted by molar-refractivity contribution is 5.87. The first kappa shape index (κ1) is 26.0. The van der Waals surface area contributed by atoms with Crippen LogP contribution >= 0.6 is 0 Å². The largest absolute Gasteiger partial charge is 0.504 e. The van der Waals surface area contributed by atoms with Gasteiger partial charge in [-0.1, -0.05) is 6.07 Å². The quantitative estimate of drug-likeness (QED) is 0.110. The molecule has 1 aromatic rings. The van der Waals surface area contributed by atoms with E-state index in [9.17, 15) is 40.5 Å². The minimum atomic E-state index is -1.88. The summed E-state index contributed by atoms with van der Waals surface area (Å²) in [5.74, 6) is -1.54. The zero-order valence-electron chi connectivity index (χ0n) is 17.2. The van der Waals surface area contributed by atoms with Crippen molar-refractivity contribution in [3.05, 3.63) is 29.8 Å². The Bertz CT molecular complexity index is 795. The Morgan fingerprint density at radius 3 is 2.50 bits per heavy atom. The van der Waals surface area contributed by atoms with Crippen molar-refractivity contribution < 1.29 is 59.9 Å². The van der Waals surface area contributed by atoms with Gasteiger partial charge in [0.2, 0.25) is 0 Å². The molecule has 0 amide bonds. The topological polar surface area (TPSA) is 207 Å². The zero-order chi connectivity index (χ0) is 24.1. The van der Waals surface area contributed by atoms with Crippen LogP contribution in [0.2, 0.25) is 0 Å². The Balaban J connectivity index is 1.92. The first-order chi connectivity index (χ1) is 15.0. The SMILES string of the molecule is C[C@@](O)(CO)[C@H](O)CO[C@@H]1O[C@H](COC(=O)C=Cc2ccc(O)c(O)c2)[C@@H](O)[C@H](O)[C@H]1O. The first-order valence-electron chi connectivity index (χ1n) is 9.65. The second-order valence-corrected chi connectivity index (χ2v) is 7.59. The number of hydrogen-bond donors (Lipinski definition) is 8. The van der Waals surface area contributed by atoms with Crippen LogP contribution in [-0.4, -0.2) is 109 Å². The molecule has 1 aromatic carbocycles. The maximum absolute atomic E-state index is 11.9. The van der Waals surface area contributed by atoms with Gasteiger partial charge in [-0.2, -0.15) is 0 Å².